The second-order valence-electron chi connectivity index (χ2n) is 4.28. The van der Waals surface area contributed by atoms with Crippen molar-refractivity contribution in [2.24, 2.45) is 0 Å². The van der Waals surface area contributed by atoms with Gasteiger partial charge in [-0.3, -0.25) is 0 Å². The third kappa shape index (κ3) is 1.28. The maximum absolute atomic E-state index is 2.38. The number of fused-ring (bicyclic) bond motifs is 2. The molecule has 0 aromatic carbocycles. The van der Waals surface area contributed by atoms with Crippen molar-refractivity contribution in [2.45, 2.75) is 38.4 Å². The van der Waals surface area contributed by atoms with Gasteiger partial charge in [-0.2, -0.15) is 0 Å². The summed E-state index contributed by atoms with van der Waals surface area (Å²) in [5.74, 6) is 0. The summed E-state index contributed by atoms with van der Waals surface area (Å²) in [6.45, 7) is 4.58. The van der Waals surface area contributed by atoms with Gasteiger partial charge in [0.1, 0.15) is 0 Å². The molecule has 0 spiro atoms. The molecule has 0 saturated heterocycles. The predicted octanol–water partition coefficient (Wildman–Crippen LogP) is 4.24. The molecule has 1 atom stereocenters. The molecular weight excluding hydrogens is 208 g/mol. The summed E-state index contributed by atoms with van der Waals surface area (Å²) in [6, 6.07) is 2.38. The summed E-state index contributed by atoms with van der Waals surface area (Å²) in [5, 5.41) is 0.813. The third-order valence-corrected chi connectivity index (χ3v) is 5.55. The first-order valence-electron chi connectivity index (χ1n) is 5.22. The van der Waals surface area contributed by atoms with Crippen molar-refractivity contribution >= 4 is 28.0 Å². The maximum atomic E-state index is 2.38. The second kappa shape index (κ2) is 3.14. The topological polar surface area (TPSA) is 0 Å². The van der Waals surface area contributed by atoms with Crippen LogP contribution in [0.4, 0.5) is 0 Å². The zero-order valence-corrected chi connectivity index (χ0v) is 10.2. The highest BCUT2D eigenvalue weighted by molar-refractivity contribution is 8.09. The molecule has 0 saturated carbocycles. The molecule has 0 amide bonds. The van der Waals surface area contributed by atoms with E-state index in [9.17, 15) is 0 Å². The van der Waals surface area contributed by atoms with Crippen LogP contribution in [-0.2, 0) is 6.42 Å². The molecule has 3 rings (SSSR count). The van der Waals surface area contributed by atoms with Gasteiger partial charge in [0.15, 0.2) is 0 Å². The van der Waals surface area contributed by atoms with E-state index in [0.717, 1.165) is 5.25 Å². The van der Waals surface area contributed by atoms with Crippen molar-refractivity contribution in [2.75, 3.05) is 0 Å². The van der Waals surface area contributed by atoms with Crippen molar-refractivity contribution in [3.63, 3.8) is 0 Å². The van der Waals surface area contributed by atoms with Crippen LogP contribution in [0.15, 0.2) is 11.6 Å². The van der Waals surface area contributed by atoms with Crippen LogP contribution >= 0.6 is 23.1 Å². The highest BCUT2D eigenvalue weighted by Gasteiger charge is 2.28. The van der Waals surface area contributed by atoms with Gasteiger partial charge < -0.3 is 0 Å². The third-order valence-electron chi connectivity index (χ3n) is 3.01. The minimum Gasteiger partial charge on any atom is -0.140 e. The SMILES string of the molecule is Cc1cc2c(s1)C1=C(CC2)CC(C)S1. The summed E-state index contributed by atoms with van der Waals surface area (Å²) >= 11 is 4.09. The van der Waals surface area contributed by atoms with Gasteiger partial charge in [-0.25, -0.2) is 0 Å². The zero-order valence-electron chi connectivity index (χ0n) is 8.59. The quantitative estimate of drug-likeness (QED) is 0.632. The van der Waals surface area contributed by atoms with E-state index in [2.05, 4.69) is 31.7 Å². The smallest absolute Gasteiger partial charge is 0.0440 e. The van der Waals surface area contributed by atoms with E-state index in [-0.39, 0.29) is 0 Å². The first-order chi connectivity index (χ1) is 6.74. The fourth-order valence-electron chi connectivity index (χ4n) is 2.43. The van der Waals surface area contributed by atoms with Gasteiger partial charge in [0.25, 0.3) is 0 Å². The molecule has 74 valence electrons. The van der Waals surface area contributed by atoms with Gasteiger partial charge in [-0.15, -0.1) is 23.1 Å². The Labute approximate surface area is 93.4 Å². The van der Waals surface area contributed by atoms with Gasteiger partial charge in [-0.05, 0) is 37.8 Å². The van der Waals surface area contributed by atoms with E-state index >= 15 is 0 Å². The van der Waals surface area contributed by atoms with Crippen LogP contribution in [0.5, 0.6) is 0 Å². The molecule has 2 aliphatic rings. The minimum atomic E-state index is 0.813. The van der Waals surface area contributed by atoms with E-state index in [1.54, 1.807) is 20.9 Å². The van der Waals surface area contributed by atoms with E-state index < -0.39 is 0 Å². The Kier molecular flexibility index (Phi) is 2.03. The lowest BCUT2D eigenvalue weighted by molar-refractivity contribution is 0.840. The number of thioether (sulfide) groups is 1. The highest BCUT2D eigenvalue weighted by atomic mass is 32.2. The number of thiophene rings is 1. The average molecular weight is 222 g/mol. The Morgan fingerprint density at radius 3 is 3.07 bits per heavy atom. The van der Waals surface area contributed by atoms with Gasteiger partial charge in [0.05, 0.1) is 0 Å². The number of hydrogen-bond acceptors (Lipinski definition) is 2. The normalized spacial score (nSPS) is 25.1. The molecule has 0 fully saturated rings. The van der Waals surface area contributed by atoms with Gasteiger partial charge >= 0.3 is 0 Å². The number of rotatable bonds is 0. The zero-order chi connectivity index (χ0) is 9.71. The lowest BCUT2D eigenvalue weighted by atomic mass is 9.95. The standard InChI is InChI=1S/C12H14S2/c1-7-5-9-3-4-10-6-8(2)14-12(10)11(9)13-7/h5,8H,3-4,6H2,1-2H3. The molecule has 2 heteroatoms. The average Bonchev–Trinajstić information content (AvgIpc) is 2.65. The molecule has 1 aromatic heterocycles. The monoisotopic (exact) mass is 222 g/mol. The van der Waals surface area contributed by atoms with E-state index in [0.29, 0.717) is 0 Å². The lowest BCUT2D eigenvalue weighted by Crippen LogP contribution is -1.96. The maximum Gasteiger partial charge on any atom is 0.0440 e. The molecule has 0 radical (unpaired) electrons. The molecule has 1 aliphatic carbocycles. The number of aryl methyl sites for hydroxylation is 2. The summed E-state index contributed by atoms with van der Waals surface area (Å²) in [7, 11) is 0. The van der Waals surface area contributed by atoms with Crippen LogP contribution in [0.2, 0.25) is 0 Å². The van der Waals surface area contributed by atoms with Gasteiger partial charge in [0.2, 0.25) is 0 Å². The molecule has 0 N–H and O–H groups in total. The molecule has 1 aliphatic heterocycles. The van der Waals surface area contributed by atoms with Crippen LogP contribution in [0.1, 0.15) is 35.1 Å². The first-order valence-corrected chi connectivity index (χ1v) is 6.92. The number of hydrogen-bond donors (Lipinski definition) is 0. The van der Waals surface area contributed by atoms with Gasteiger partial charge in [0, 0.05) is 19.9 Å². The van der Waals surface area contributed by atoms with Crippen LogP contribution < -0.4 is 0 Å². The van der Waals surface area contributed by atoms with Crippen molar-refractivity contribution in [1.82, 2.24) is 0 Å². The van der Waals surface area contributed by atoms with Crippen molar-refractivity contribution in [3.05, 3.63) is 27.0 Å². The van der Waals surface area contributed by atoms with Crippen LogP contribution in [0, 0.1) is 6.92 Å². The Morgan fingerprint density at radius 1 is 1.36 bits per heavy atom. The van der Waals surface area contributed by atoms with Crippen LogP contribution in [0.25, 0.3) is 4.91 Å². The summed E-state index contributed by atoms with van der Waals surface area (Å²) < 4.78 is 0. The molecule has 1 aromatic rings. The molecular formula is C12H14S2. The fraction of sp³-hybridized carbons (Fsp3) is 0.500. The first kappa shape index (κ1) is 9.05. The van der Waals surface area contributed by atoms with Crippen LogP contribution in [-0.4, -0.2) is 5.25 Å². The Morgan fingerprint density at radius 2 is 2.21 bits per heavy atom. The number of allylic oxidation sites excluding steroid dienone is 1. The van der Waals surface area contributed by atoms with Gasteiger partial charge in [-0.1, -0.05) is 12.5 Å². The van der Waals surface area contributed by atoms with E-state index in [4.69, 9.17) is 0 Å². The summed E-state index contributed by atoms with van der Waals surface area (Å²) in [4.78, 5) is 4.71. The predicted molar refractivity (Wildman–Crippen MR) is 66.0 cm³/mol. The fourth-order valence-corrected chi connectivity index (χ4v) is 5.02. The lowest BCUT2D eigenvalue weighted by Gasteiger charge is -2.13. The largest absolute Gasteiger partial charge is 0.140 e. The minimum absolute atomic E-state index is 0.813. The molecule has 14 heavy (non-hydrogen) atoms. The van der Waals surface area contributed by atoms with Crippen molar-refractivity contribution in [1.29, 1.82) is 0 Å². The molecule has 2 heterocycles. The second-order valence-corrected chi connectivity index (χ2v) is 6.98. The van der Waals surface area contributed by atoms with Crippen molar-refractivity contribution < 1.29 is 0 Å². The molecule has 0 nitrogen and oxygen atoms in total. The van der Waals surface area contributed by atoms with E-state index in [1.165, 1.54) is 24.1 Å². The van der Waals surface area contributed by atoms with E-state index in [1.807, 2.05) is 11.3 Å². The summed E-state index contributed by atoms with van der Waals surface area (Å²) in [5.41, 5.74) is 3.34. The van der Waals surface area contributed by atoms with Crippen LogP contribution in [0.3, 0.4) is 0 Å². The Hall–Kier alpha value is -0.210. The Balaban J connectivity index is 2.10. The Bertz CT molecular complexity index is 412. The highest BCUT2D eigenvalue weighted by Crippen LogP contribution is 2.51. The summed E-state index contributed by atoms with van der Waals surface area (Å²) in [6.07, 6.45) is 3.93. The van der Waals surface area contributed by atoms with Crippen molar-refractivity contribution in [3.8, 4) is 0 Å². The molecule has 0 bridgehead atoms. The molecule has 1 unspecified atom stereocenters.